The molecule has 0 aliphatic rings. The van der Waals surface area contributed by atoms with Gasteiger partial charge in [0.15, 0.2) is 11.9 Å². The number of non-ortho nitro benzene ring substituents is 1. The van der Waals surface area contributed by atoms with Crippen LogP contribution in [0.2, 0.25) is 0 Å². The van der Waals surface area contributed by atoms with Crippen LogP contribution in [0.4, 0.5) is 11.5 Å². The second kappa shape index (κ2) is 7.68. The third-order valence-corrected chi connectivity index (χ3v) is 4.57. The quantitative estimate of drug-likeness (QED) is 0.468. The van der Waals surface area contributed by atoms with E-state index in [2.05, 4.69) is 30.0 Å². The van der Waals surface area contributed by atoms with Crippen LogP contribution in [0.15, 0.2) is 53.0 Å². The highest BCUT2D eigenvalue weighted by Crippen LogP contribution is 2.28. The Bertz CT molecular complexity index is 944. The van der Waals surface area contributed by atoms with Crippen LogP contribution < -0.4 is 5.32 Å². The molecular formula is C16H11BrN4O4S. The number of rotatable bonds is 5. The van der Waals surface area contributed by atoms with Crippen molar-refractivity contribution in [2.45, 2.75) is 6.10 Å². The molecule has 0 radical (unpaired) electrons. The van der Waals surface area contributed by atoms with E-state index in [-0.39, 0.29) is 17.1 Å². The second-order valence-electron chi connectivity index (χ2n) is 5.21. The summed E-state index contributed by atoms with van der Waals surface area (Å²) in [7, 11) is 0. The van der Waals surface area contributed by atoms with Crippen molar-refractivity contribution in [2.24, 2.45) is 0 Å². The molecule has 1 heterocycles. The molecule has 1 amide bonds. The summed E-state index contributed by atoms with van der Waals surface area (Å²) in [6.45, 7) is 0. The first-order valence-electron chi connectivity index (χ1n) is 7.27. The Morgan fingerprint density at radius 2 is 1.81 bits per heavy atom. The zero-order valence-corrected chi connectivity index (χ0v) is 15.4. The number of hydrogen-bond donors (Lipinski definition) is 2. The number of carbonyl (C=O) groups excluding carboxylic acids is 1. The minimum Gasteiger partial charge on any atom is -0.378 e. The van der Waals surface area contributed by atoms with Crippen LogP contribution in [0.1, 0.15) is 11.7 Å². The Balaban J connectivity index is 1.77. The zero-order chi connectivity index (χ0) is 18.7. The van der Waals surface area contributed by atoms with E-state index in [1.54, 1.807) is 0 Å². The molecule has 0 saturated carbocycles. The molecule has 3 aromatic rings. The predicted octanol–water partition coefficient (Wildman–Crippen LogP) is 3.55. The van der Waals surface area contributed by atoms with Gasteiger partial charge in [-0.15, -0.1) is 0 Å². The smallest absolute Gasteiger partial charge is 0.269 e. The fraction of sp³-hybridized carbons (Fsp3) is 0.0625. The molecule has 2 aromatic carbocycles. The van der Waals surface area contributed by atoms with E-state index < -0.39 is 16.9 Å². The highest BCUT2D eigenvalue weighted by Gasteiger charge is 2.21. The zero-order valence-electron chi connectivity index (χ0n) is 13.0. The summed E-state index contributed by atoms with van der Waals surface area (Å²) < 4.78 is 9.14. The Labute approximate surface area is 160 Å². The maximum absolute atomic E-state index is 12.3. The first kappa shape index (κ1) is 18.1. The van der Waals surface area contributed by atoms with Crippen molar-refractivity contribution in [3.63, 3.8) is 0 Å². The standard InChI is InChI=1S/C16H11BrN4O4S/c17-11-5-1-9(2-6-11)13-15(20-26-19-13)18-16(23)14(22)10-3-7-12(8-4-10)21(24)25/h1-8,14,22H,(H,18,20,23). The van der Waals surface area contributed by atoms with Crippen LogP contribution in [0.25, 0.3) is 11.3 Å². The Hall–Kier alpha value is -2.69. The largest absolute Gasteiger partial charge is 0.378 e. The lowest BCUT2D eigenvalue weighted by atomic mass is 10.1. The van der Waals surface area contributed by atoms with Crippen LogP contribution in [0, 0.1) is 10.1 Å². The molecule has 132 valence electrons. The summed E-state index contributed by atoms with van der Waals surface area (Å²) >= 11 is 4.28. The van der Waals surface area contributed by atoms with Crippen molar-refractivity contribution in [1.82, 2.24) is 8.75 Å². The van der Waals surface area contributed by atoms with Gasteiger partial charge in [-0.1, -0.05) is 28.1 Å². The van der Waals surface area contributed by atoms with E-state index in [1.807, 2.05) is 24.3 Å². The number of aliphatic hydroxyl groups is 1. The van der Waals surface area contributed by atoms with E-state index in [0.717, 1.165) is 21.8 Å². The summed E-state index contributed by atoms with van der Waals surface area (Å²) in [5.41, 5.74) is 1.37. The molecule has 3 rings (SSSR count). The number of anilines is 1. The SMILES string of the molecule is O=C(Nc1nsnc1-c1ccc(Br)cc1)C(O)c1ccc([N+](=O)[O-])cc1. The van der Waals surface area contributed by atoms with Crippen LogP contribution in [-0.4, -0.2) is 24.7 Å². The van der Waals surface area contributed by atoms with Crippen molar-refractivity contribution in [2.75, 3.05) is 5.32 Å². The number of nitro benzene ring substituents is 1. The molecule has 2 N–H and O–H groups in total. The minimum atomic E-state index is -1.49. The number of nitrogens with zero attached hydrogens (tertiary/aromatic N) is 3. The van der Waals surface area contributed by atoms with Gasteiger partial charge in [0, 0.05) is 22.2 Å². The molecule has 26 heavy (non-hydrogen) atoms. The molecule has 8 nitrogen and oxygen atoms in total. The van der Waals surface area contributed by atoms with Crippen molar-refractivity contribution < 1.29 is 14.8 Å². The molecule has 1 unspecified atom stereocenters. The van der Waals surface area contributed by atoms with Gasteiger partial charge in [0.25, 0.3) is 11.6 Å². The van der Waals surface area contributed by atoms with E-state index in [4.69, 9.17) is 0 Å². The van der Waals surface area contributed by atoms with Crippen molar-refractivity contribution >= 4 is 45.1 Å². The maximum atomic E-state index is 12.3. The number of halogens is 1. The molecule has 10 heteroatoms. The topological polar surface area (TPSA) is 118 Å². The van der Waals surface area contributed by atoms with Crippen molar-refractivity contribution in [3.05, 3.63) is 68.7 Å². The predicted molar refractivity (Wildman–Crippen MR) is 99.7 cm³/mol. The Morgan fingerprint density at radius 3 is 2.42 bits per heavy atom. The van der Waals surface area contributed by atoms with E-state index in [0.29, 0.717) is 5.69 Å². The number of nitro groups is 1. The molecule has 0 aliphatic carbocycles. The number of carbonyl (C=O) groups is 1. The van der Waals surface area contributed by atoms with Crippen LogP contribution in [-0.2, 0) is 4.79 Å². The fourth-order valence-electron chi connectivity index (χ4n) is 2.18. The number of benzene rings is 2. The minimum absolute atomic E-state index is 0.123. The van der Waals surface area contributed by atoms with Gasteiger partial charge in [0.1, 0.15) is 5.69 Å². The summed E-state index contributed by atoms with van der Waals surface area (Å²) in [4.78, 5) is 22.4. The molecule has 0 spiro atoms. The molecule has 1 aromatic heterocycles. The number of amides is 1. The fourth-order valence-corrected chi connectivity index (χ4v) is 2.97. The summed E-state index contributed by atoms with van der Waals surface area (Å²) in [6, 6.07) is 12.4. The van der Waals surface area contributed by atoms with Gasteiger partial charge in [0.2, 0.25) is 0 Å². The maximum Gasteiger partial charge on any atom is 0.269 e. The Kier molecular flexibility index (Phi) is 5.35. The van der Waals surface area contributed by atoms with Crippen molar-refractivity contribution in [1.29, 1.82) is 0 Å². The molecule has 0 saturated heterocycles. The number of nitrogens with one attached hydrogen (secondary N) is 1. The van der Waals surface area contributed by atoms with Gasteiger partial charge >= 0.3 is 0 Å². The average Bonchev–Trinajstić information content (AvgIpc) is 3.09. The molecular weight excluding hydrogens is 424 g/mol. The first-order valence-corrected chi connectivity index (χ1v) is 8.80. The third kappa shape index (κ3) is 3.93. The molecule has 1 atom stereocenters. The molecule has 0 fully saturated rings. The van der Waals surface area contributed by atoms with Gasteiger partial charge < -0.3 is 10.4 Å². The van der Waals surface area contributed by atoms with E-state index in [9.17, 15) is 20.0 Å². The third-order valence-electron chi connectivity index (χ3n) is 3.52. The van der Waals surface area contributed by atoms with Gasteiger partial charge in [-0.2, -0.15) is 8.75 Å². The normalized spacial score (nSPS) is 11.8. The lowest BCUT2D eigenvalue weighted by molar-refractivity contribution is -0.384. The first-order chi connectivity index (χ1) is 12.5. The summed E-state index contributed by atoms with van der Waals surface area (Å²) in [5, 5.41) is 23.4. The second-order valence-corrected chi connectivity index (χ2v) is 6.65. The Morgan fingerprint density at radius 1 is 1.15 bits per heavy atom. The van der Waals surface area contributed by atoms with Gasteiger partial charge in [-0.25, -0.2) is 0 Å². The van der Waals surface area contributed by atoms with Crippen LogP contribution in [0.5, 0.6) is 0 Å². The van der Waals surface area contributed by atoms with Crippen LogP contribution in [0.3, 0.4) is 0 Å². The molecule has 0 aliphatic heterocycles. The average molecular weight is 435 g/mol. The van der Waals surface area contributed by atoms with Gasteiger partial charge in [-0.3, -0.25) is 14.9 Å². The monoisotopic (exact) mass is 434 g/mol. The van der Waals surface area contributed by atoms with Crippen LogP contribution >= 0.6 is 27.7 Å². The number of aliphatic hydroxyl groups excluding tert-OH is 1. The number of hydrogen-bond acceptors (Lipinski definition) is 7. The summed E-state index contributed by atoms with van der Waals surface area (Å²) in [5.74, 6) is -0.465. The lowest BCUT2D eigenvalue weighted by Crippen LogP contribution is -2.21. The van der Waals surface area contributed by atoms with E-state index in [1.165, 1.54) is 24.3 Å². The van der Waals surface area contributed by atoms with Gasteiger partial charge in [0.05, 0.1) is 16.7 Å². The lowest BCUT2D eigenvalue weighted by Gasteiger charge is -2.11. The van der Waals surface area contributed by atoms with Gasteiger partial charge in [-0.05, 0) is 29.8 Å². The number of aromatic nitrogens is 2. The summed E-state index contributed by atoms with van der Waals surface area (Å²) in [6.07, 6.45) is -1.49. The molecule has 0 bridgehead atoms. The van der Waals surface area contributed by atoms with E-state index >= 15 is 0 Å². The highest BCUT2D eigenvalue weighted by molar-refractivity contribution is 9.10. The van der Waals surface area contributed by atoms with Crippen molar-refractivity contribution in [3.8, 4) is 11.3 Å². The highest BCUT2D eigenvalue weighted by atomic mass is 79.9.